The zero-order chi connectivity index (χ0) is 24.8. The van der Waals surface area contributed by atoms with E-state index in [2.05, 4.69) is 5.32 Å². The SMILES string of the molecule is Cc1cccc(C(=O)N(Cc2ccccc2)Cc2cc(NC(=O)c3ccco3)ccc2N(C)C)c1. The van der Waals surface area contributed by atoms with Crippen LogP contribution in [-0.2, 0) is 13.1 Å². The van der Waals surface area contributed by atoms with Crippen LogP contribution in [0.2, 0.25) is 0 Å². The van der Waals surface area contributed by atoms with Gasteiger partial charge in [0.15, 0.2) is 5.76 Å². The average molecular weight is 468 g/mol. The smallest absolute Gasteiger partial charge is 0.291 e. The quantitative estimate of drug-likeness (QED) is 0.358. The lowest BCUT2D eigenvalue weighted by molar-refractivity contribution is 0.0730. The minimum absolute atomic E-state index is 0.0488. The predicted molar refractivity (Wildman–Crippen MR) is 139 cm³/mol. The summed E-state index contributed by atoms with van der Waals surface area (Å²) in [5, 5.41) is 2.89. The molecule has 4 rings (SSSR count). The molecule has 0 spiro atoms. The summed E-state index contributed by atoms with van der Waals surface area (Å²) in [5.74, 6) is -0.133. The second-order valence-corrected chi connectivity index (χ2v) is 8.69. The minimum atomic E-state index is -0.324. The fraction of sp³-hybridized carbons (Fsp3) is 0.172. The van der Waals surface area contributed by atoms with Crippen LogP contribution in [0.15, 0.2) is 95.6 Å². The molecule has 6 heteroatoms. The van der Waals surface area contributed by atoms with E-state index < -0.39 is 0 Å². The molecule has 1 aromatic heterocycles. The van der Waals surface area contributed by atoms with Crippen molar-refractivity contribution in [3.63, 3.8) is 0 Å². The van der Waals surface area contributed by atoms with Gasteiger partial charge in [-0.15, -0.1) is 0 Å². The number of carbonyl (C=O) groups excluding carboxylic acids is 2. The van der Waals surface area contributed by atoms with Gasteiger partial charge in [0.25, 0.3) is 11.8 Å². The Morgan fingerprint density at radius 1 is 0.857 bits per heavy atom. The number of furan rings is 1. The summed E-state index contributed by atoms with van der Waals surface area (Å²) < 4.78 is 5.21. The predicted octanol–water partition coefficient (Wildman–Crippen LogP) is 5.75. The summed E-state index contributed by atoms with van der Waals surface area (Å²) in [5.41, 5.74) is 5.25. The van der Waals surface area contributed by atoms with Gasteiger partial charge < -0.3 is 19.5 Å². The highest BCUT2D eigenvalue weighted by molar-refractivity contribution is 6.02. The molecule has 6 nitrogen and oxygen atoms in total. The molecule has 0 aliphatic rings. The average Bonchev–Trinajstić information content (AvgIpc) is 3.39. The van der Waals surface area contributed by atoms with E-state index in [1.165, 1.54) is 6.26 Å². The first-order valence-corrected chi connectivity index (χ1v) is 11.5. The molecule has 0 saturated heterocycles. The number of amides is 2. The Bertz CT molecular complexity index is 1300. The third-order valence-electron chi connectivity index (χ3n) is 5.69. The number of nitrogens with one attached hydrogen (secondary N) is 1. The van der Waals surface area contributed by atoms with Crippen LogP contribution in [0.4, 0.5) is 11.4 Å². The minimum Gasteiger partial charge on any atom is -0.459 e. The van der Waals surface area contributed by atoms with E-state index in [0.717, 1.165) is 22.4 Å². The van der Waals surface area contributed by atoms with Crippen LogP contribution in [0.1, 0.15) is 37.6 Å². The normalized spacial score (nSPS) is 10.6. The van der Waals surface area contributed by atoms with E-state index in [1.807, 2.05) is 104 Å². The van der Waals surface area contributed by atoms with Crippen molar-refractivity contribution in [1.29, 1.82) is 0 Å². The molecule has 3 aromatic carbocycles. The Hall–Kier alpha value is -4.32. The largest absolute Gasteiger partial charge is 0.459 e. The Balaban J connectivity index is 1.67. The van der Waals surface area contributed by atoms with Gasteiger partial charge in [-0.05, 0) is 60.5 Å². The number of aryl methyl sites for hydroxylation is 1. The van der Waals surface area contributed by atoms with Crippen molar-refractivity contribution in [3.05, 3.63) is 119 Å². The molecule has 0 aliphatic heterocycles. The molecule has 0 aliphatic carbocycles. The summed E-state index contributed by atoms with van der Waals surface area (Å²) in [6.45, 7) is 2.82. The third-order valence-corrected chi connectivity index (χ3v) is 5.69. The summed E-state index contributed by atoms with van der Waals surface area (Å²) in [6, 6.07) is 26.6. The molecule has 35 heavy (non-hydrogen) atoms. The summed E-state index contributed by atoms with van der Waals surface area (Å²) in [6.07, 6.45) is 1.47. The number of rotatable bonds is 8. The van der Waals surface area contributed by atoms with Gasteiger partial charge in [-0.25, -0.2) is 0 Å². The van der Waals surface area contributed by atoms with E-state index >= 15 is 0 Å². The first kappa shape index (κ1) is 23.8. The van der Waals surface area contributed by atoms with Gasteiger partial charge in [-0.1, -0.05) is 48.0 Å². The number of hydrogen-bond acceptors (Lipinski definition) is 4. The topological polar surface area (TPSA) is 65.8 Å². The fourth-order valence-electron chi connectivity index (χ4n) is 4.00. The highest BCUT2D eigenvalue weighted by atomic mass is 16.3. The molecule has 1 N–H and O–H groups in total. The molecule has 0 atom stereocenters. The van der Waals surface area contributed by atoms with Crippen LogP contribution in [-0.4, -0.2) is 30.8 Å². The molecule has 0 radical (unpaired) electrons. The van der Waals surface area contributed by atoms with Gasteiger partial charge in [0, 0.05) is 44.1 Å². The lowest BCUT2D eigenvalue weighted by Gasteiger charge is -2.27. The zero-order valence-corrected chi connectivity index (χ0v) is 20.2. The summed E-state index contributed by atoms with van der Waals surface area (Å²) in [7, 11) is 3.92. The van der Waals surface area contributed by atoms with Crippen LogP contribution < -0.4 is 10.2 Å². The Labute approximate surface area is 205 Å². The first-order valence-electron chi connectivity index (χ1n) is 11.5. The van der Waals surface area contributed by atoms with Gasteiger partial charge in [0.05, 0.1) is 6.26 Å². The van der Waals surface area contributed by atoms with Crippen molar-refractivity contribution >= 4 is 23.2 Å². The highest BCUT2D eigenvalue weighted by Crippen LogP contribution is 2.26. The second-order valence-electron chi connectivity index (χ2n) is 8.69. The van der Waals surface area contributed by atoms with E-state index in [-0.39, 0.29) is 17.6 Å². The van der Waals surface area contributed by atoms with Crippen LogP contribution >= 0.6 is 0 Å². The number of benzene rings is 3. The first-order chi connectivity index (χ1) is 16.9. The van der Waals surface area contributed by atoms with Crippen LogP contribution in [0.5, 0.6) is 0 Å². The maximum atomic E-state index is 13.6. The van der Waals surface area contributed by atoms with Crippen molar-refractivity contribution in [3.8, 4) is 0 Å². The maximum absolute atomic E-state index is 13.6. The van der Waals surface area contributed by atoms with Gasteiger partial charge >= 0.3 is 0 Å². The number of anilines is 2. The number of carbonyl (C=O) groups is 2. The Kier molecular flexibility index (Phi) is 7.31. The molecular formula is C29H29N3O3. The van der Waals surface area contributed by atoms with E-state index in [0.29, 0.717) is 24.3 Å². The lowest BCUT2D eigenvalue weighted by Crippen LogP contribution is -2.31. The van der Waals surface area contributed by atoms with Crippen molar-refractivity contribution in [2.24, 2.45) is 0 Å². The van der Waals surface area contributed by atoms with Crippen LogP contribution in [0, 0.1) is 6.92 Å². The Morgan fingerprint density at radius 2 is 1.66 bits per heavy atom. The van der Waals surface area contributed by atoms with Crippen LogP contribution in [0.25, 0.3) is 0 Å². The molecule has 0 unspecified atom stereocenters. The molecule has 4 aromatic rings. The van der Waals surface area contributed by atoms with E-state index in [1.54, 1.807) is 12.1 Å². The van der Waals surface area contributed by atoms with Gasteiger partial charge in [-0.2, -0.15) is 0 Å². The fourth-order valence-corrected chi connectivity index (χ4v) is 4.00. The van der Waals surface area contributed by atoms with Crippen molar-refractivity contribution in [2.75, 3.05) is 24.3 Å². The summed E-state index contributed by atoms with van der Waals surface area (Å²) >= 11 is 0. The van der Waals surface area contributed by atoms with Gasteiger partial charge in [0.2, 0.25) is 0 Å². The Morgan fingerprint density at radius 3 is 2.34 bits per heavy atom. The van der Waals surface area contributed by atoms with E-state index in [4.69, 9.17) is 4.42 Å². The number of nitrogens with zero attached hydrogens (tertiary/aromatic N) is 2. The maximum Gasteiger partial charge on any atom is 0.291 e. The van der Waals surface area contributed by atoms with Crippen LogP contribution in [0.3, 0.4) is 0 Å². The van der Waals surface area contributed by atoms with Gasteiger partial charge in [0.1, 0.15) is 0 Å². The van der Waals surface area contributed by atoms with E-state index in [9.17, 15) is 9.59 Å². The highest BCUT2D eigenvalue weighted by Gasteiger charge is 2.20. The molecule has 1 heterocycles. The van der Waals surface area contributed by atoms with Crippen molar-refractivity contribution in [1.82, 2.24) is 4.90 Å². The summed E-state index contributed by atoms with van der Waals surface area (Å²) in [4.78, 5) is 30.0. The lowest BCUT2D eigenvalue weighted by atomic mass is 10.1. The molecule has 0 bridgehead atoms. The van der Waals surface area contributed by atoms with Crippen molar-refractivity contribution in [2.45, 2.75) is 20.0 Å². The number of hydrogen-bond donors (Lipinski definition) is 1. The van der Waals surface area contributed by atoms with Crippen molar-refractivity contribution < 1.29 is 14.0 Å². The zero-order valence-electron chi connectivity index (χ0n) is 20.2. The molecule has 2 amide bonds. The monoisotopic (exact) mass is 467 g/mol. The third kappa shape index (κ3) is 5.98. The molecule has 0 fully saturated rings. The standard InChI is InChI=1S/C29H29N3O3/c1-21-9-7-12-23(17-21)29(34)32(19-22-10-5-4-6-11-22)20-24-18-25(14-15-26(24)31(2)3)30-28(33)27-13-8-16-35-27/h4-18H,19-20H2,1-3H3,(H,30,33). The molecule has 0 saturated carbocycles. The molecule has 178 valence electrons. The molecular weight excluding hydrogens is 438 g/mol. The second kappa shape index (κ2) is 10.7. The van der Waals surface area contributed by atoms with Gasteiger partial charge in [-0.3, -0.25) is 9.59 Å².